The molecule has 2 aromatic rings. The maximum absolute atomic E-state index is 12.9. The fraction of sp³-hybridized carbons (Fsp3) is 0.308. The van der Waals surface area contributed by atoms with Crippen molar-refractivity contribution in [3.8, 4) is 17.3 Å². The molecular weight excluding hydrogens is 265 g/mol. The Morgan fingerprint density at radius 2 is 2.25 bits per heavy atom. The van der Waals surface area contributed by atoms with Crippen molar-refractivity contribution in [1.29, 1.82) is 0 Å². The lowest BCUT2D eigenvalue weighted by atomic mass is 10.2. The molecule has 0 aromatic carbocycles. The third kappa shape index (κ3) is 3.11. The van der Waals surface area contributed by atoms with Crippen LogP contribution < -0.4 is 4.74 Å². The number of esters is 1. The second-order valence-electron chi connectivity index (χ2n) is 3.91. The van der Waals surface area contributed by atoms with Gasteiger partial charge in [-0.3, -0.25) is 9.67 Å². The summed E-state index contributed by atoms with van der Waals surface area (Å²) in [6.07, 6.45) is 1.14. The zero-order valence-electron chi connectivity index (χ0n) is 11.2. The van der Waals surface area contributed by atoms with Gasteiger partial charge in [-0.15, -0.1) is 5.10 Å². The van der Waals surface area contributed by atoms with E-state index in [1.54, 1.807) is 16.8 Å². The highest BCUT2D eigenvalue weighted by molar-refractivity contribution is 5.70. The minimum absolute atomic E-state index is 0.215. The number of carbonyl (C=O) groups excluding carboxylic acids is 1. The highest BCUT2D eigenvalue weighted by atomic mass is 19.1. The van der Waals surface area contributed by atoms with Gasteiger partial charge >= 0.3 is 5.97 Å². The molecule has 2 heterocycles. The van der Waals surface area contributed by atoms with Crippen LogP contribution in [0.15, 0.2) is 24.4 Å². The van der Waals surface area contributed by atoms with Crippen molar-refractivity contribution in [3.63, 3.8) is 0 Å². The van der Waals surface area contributed by atoms with Crippen LogP contribution in [0.3, 0.4) is 0 Å². The van der Waals surface area contributed by atoms with Gasteiger partial charge in [-0.2, -0.15) is 0 Å². The number of aryl methyl sites for hydroxylation is 1. The van der Waals surface area contributed by atoms with Crippen LogP contribution in [0.25, 0.3) is 11.4 Å². The molecule has 0 aliphatic rings. The third-order valence-corrected chi connectivity index (χ3v) is 2.61. The Morgan fingerprint density at radius 3 is 2.85 bits per heavy atom. The minimum atomic E-state index is -0.488. The number of hydrogen-bond acceptors (Lipinski definition) is 5. The molecule has 0 fully saturated rings. The van der Waals surface area contributed by atoms with Crippen molar-refractivity contribution in [2.24, 2.45) is 0 Å². The van der Waals surface area contributed by atoms with Crippen LogP contribution in [0.5, 0.6) is 5.88 Å². The van der Waals surface area contributed by atoms with E-state index >= 15 is 0 Å². The smallest absolute Gasteiger partial charge is 0.343 e. The Hall–Kier alpha value is -2.44. The van der Waals surface area contributed by atoms with Crippen molar-refractivity contribution in [2.45, 2.75) is 13.5 Å². The second-order valence-corrected chi connectivity index (χ2v) is 3.91. The number of ether oxygens (including phenoxy) is 2. The largest absolute Gasteiger partial charge is 0.466 e. The van der Waals surface area contributed by atoms with E-state index in [1.807, 2.05) is 6.92 Å². The molecule has 0 unspecified atom stereocenters. The van der Waals surface area contributed by atoms with Crippen LogP contribution >= 0.6 is 0 Å². The molecule has 7 heteroatoms. The van der Waals surface area contributed by atoms with Gasteiger partial charge in [0.2, 0.25) is 5.88 Å². The molecule has 0 radical (unpaired) electrons. The molecule has 106 valence electrons. The fourth-order valence-electron chi connectivity index (χ4n) is 1.63. The van der Waals surface area contributed by atoms with Gasteiger partial charge in [0, 0.05) is 12.6 Å². The zero-order valence-corrected chi connectivity index (χ0v) is 11.2. The molecule has 0 amide bonds. The van der Waals surface area contributed by atoms with E-state index in [1.165, 1.54) is 13.2 Å². The average molecular weight is 279 g/mol. The molecule has 20 heavy (non-hydrogen) atoms. The average Bonchev–Trinajstić information content (AvgIpc) is 2.88. The lowest BCUT2D eigenvalue weighted by Gasteiger charge is -2.02. The number of rotatable bonds is 5. The van der Waals surface area contributed by atoms with Gasteiger partial charge in [-0.1, -0.05) is 0 Å². The van der Waals surface area contributed by atoms with Crippen LogP contribution in [-0.4, -0.2) is 34.5 Å². The van der Waals surface area contributed by atoms with E-state index in [0.29, 0.717) is 23.8 Å². The molecular formula is C13H14FN3O3. The van der Waals surface area contributed by atoms with Crippen molar-refractivity contribution in [1.82, 2.24) is 14.8 Å². The number of pyridine rings is 1. The summed E-state index contributed by atoms with van der Waals surface area (Å²) in [5.74, 6) is -0.602. The van der Waals surface area contributed by atoms with Gasteiger partial charge in [0.25, 0.3) is 0 Å². The Bertz CT molecular complexity index is 595. The van der Waals surface area contributed by atoms with Crippen molar-refractivity contribution < 1.29 is 18.7 Å². The van der Waals surface area contributed by atoms with Crippen LogP contribution in [0, 0.1) is 5.82 Å². The van der Waals surface area contributed by atoms with Gasteiger partial charge in [0.15, 0.2) is 6.61 Å². The number of halogens is 1. The maximum Gasteiger partial charge on any atom is 0.343 e. The van der Waals surface area contributed by atoms with Crippen molar-refractivity contribution in [3.05, 3.63) is 30.2 Å². The summed E-state index contributed by atoms with van der Waals surface area (Å²) in [5.41, 5.74) is 1.26. The van der Waals surface area contributed by atoms with Crippen molar-refractivity contribution in [2.75, 3.05) is 13.7 Å². The van der Waals surface area contributed by atoms with Gasteiger partial charge in [-0.05, 0) is 19.1 Å². The first kappa shape index (κ1) is 14.0. The summed E-state index contributed by atoms with van der Waals surface area (Å²) in [6.45, 7) is 2.29. The molecule has 0 saturated carbocycles. The number of aromatic nitrogens is 3. The number of nitrogens with zero attached hydrogens (tertiary/aromatic N) is 3. The molecule has 0 atom stereocenters. The highest BCUT2D eigenvalue weighted by Gasteiger charge is 2.12. The van der Waals surface area contributed by atoms with Gasteiger partial charge < -0.3 is 9.47 Å². The number of methoxy groups -OCH3 is 1. The van der Waals surface area contributed by atoms with E-state index in [2.05, 4.69) is 14.8 Å². The molecule has 6 nitrogen and oxygen atoms in total. The Labute approximate surface area is 115 Å². The van der Waals surface area contributed by atoms with Gasteiger partial charge in [0.05, 0.1) is 24.7 Å². The van der Waals surface area contributed by atoms with Gasteiger partial charge in [0.1, 0.15) is 5.82 Å². The van der Waals surface area contributed by atoms with E-state index in [4.69, 9.17) is 4.74 Å². The normalized spacial score (nSPS) is 10.3. The first-order valence-corrected chi connectivity index (χ1v) is 6.03. The Balaban J connectivity index is 2.22. The monoisotopic (exact) mass is 279 g/mol. The quantitative estimate of drug-likeness (QED) is 0.779. The van der Waals surface area contributed by atoms with Crippen LogP contribution in [0.2, 0.25) is 0 Å². The topological polar surface area (TPSA) is 66.2 Å². The molecule has 0 aliphatic heterocycles. The third-order valence-electron chi connectivity index (χ3n) is 2.61. The first-order valence-electron chi connectivity index (χ1n) is 6.03. The molecule has 2 rings (SSSR count). The highest BCUT2D eigenvalue weighted by Crippen LogP contribution is 2.22. The van der Waals surface area contributed by atoms with E-state index < -0.39 is 11.8 Å². The Morgan fingerprint density at radius 1 is 1.45 bits per heavy atom. The Kier molecular flexibility index (Phi) is 4.29. The summed E-state index contributed by atoms with van der Waals surface area (Å²) >= 11 is 0. The summed E-state index contributed by atoms with van der Waals surface area (Å²) < 4.78 is 24.2. The molecule has 0 saturated heterocycles. The standard InChI is InChI=1S/C13H14FN3O3/c1-3-17-11(10-5-4-9(14)7-15-10)6-12(16-17)20-8-13(18)19-2/h4-7H,3,8H2,1-2H3. The maximum atomic E-state index is 12.9. The molecule has 0 bridgehead atoms. The number of carbonyl (C=O) groups is 1. The molecule has 0 aliphatic carbocycles. The zero-order chi connectivity index (χ0) is 14.5. The summed E-state index contributed by atoms with van der Waals surface area (Å²) in [7, 11) is 1.28. The SMILES string of the molecule is CCn1nc(OCC(=O)OC)cc1-c1ccc(F)cn1. The summed E-state index contributed by atoms with van der Waals surface area (Å²) in [6, 6.07) is 4.53. The summed E-state index contributed by atoms with van der Waals surface area (Å²) in [5, 5.41) is 4.19. The van der Waals surface area contributed by atoms with Crippen molar-refractivity contribution >= 4 is 5.97 Å². The van der Waals surface area contributed by atoms with Crippen LogP contribution in [-0.2, 0) is 16.1 Å². The van der Waals surface area contributed by atoms with Crippen LogP contribution in [0.4, 0.5) is 4.39 Å². The summed E-state index contributed by atoms with van der Waals surface area (Å²) in [4.78, 5) is 15.0. The second kappa shape index (κ2) is 6.14. The molecule has 2 aromatic heterocycles. The van der Waals surface area contributed by atoms with E-state index in [0.717, 1.165) is 6.20 Å². The first-order chi connectivity index (χ1) is 9.63. The molecule has 0 N–H and O–H groups in total. The van der Waals surface area contributed by atoms with Gasteiger partial charge in [-0.25, -0.2) is 9.18 Å². The lowest BCUT2D eigenvalue weighted by molar-refractivity contribution is -0.143. The van der Waals surface area contributed by atoms with E-state index in [9.17, 15) is 9.18 Å². The minimum Gasteiger partial charge on any atom is -0.466 e. The molecule has 0 spiro atoms. The van der Waals surface area contributed by atoms with E-state index in [-0.39, 0.29) is 6.61 Å². The lowest BCUT2D eigenvalue weighted by Crippen LogP contribution is -2.12. The van der Waals surface area contributed by atoms with Crippen LogP contribution in [0.1, 0.15) is 6.92 Å². The predicted molar refractivity (Wildman–Crippen MR) is 68.6 cm³/mol. The predicted octanol–water partition coefficient (Wildman–Crippen LogP) is 1.66. The number of hydrogen-bond donors (Lipinski definition) is 0. The fourth-order valence-corrected chi connectivity index (χ4v) is 1.63.